The number of hydrogen-bond acceptors (Lipinski definition) is 4. The van der Waals surface area contributed by atoms with Crippen LogP contribution in [0.4, 0.5) is 18.0 Å². The van der Waals surface area contributed by atoms with Gasteiger partial charge in [-0.05, 0) is 0 Å². The Hall–Kier alpha value is -2.33. The number of hydrogen-bond donors (Lipinski definition) is 1. The number of carbonyl (C=O) groups is 1. The van der Waals surface area contributed by atoms with Crippen LogP contribution in [-0.4, -0.2) is 27.1 Å². The Bertz CT molecular complexity index is 511. The largest absolute Gasteiger partial charge is 0.451 e. The van der Waals surface area contributed by atoms with Crippen LogP contribution in [0.25, 0.3) is 0 Å². The van der Waals surface area contributed by atoms with Gasteiger partial charge in [-0.1, -0.05) is 5.11 Å². The summed E-state index contributed by atoms with van der Waals surface area (Å²) in [6.45, 7) is 0. The number of nitrogens with zero attached hydrogens (tertiary/aromatic N) is 5. The first-order valence-electron chi connectivity index (χ1n) is 3.98. The Kier molecular flexibility index (Phi) is 3.50. The lowest BCUT2D eigenvalue weighted by atomic mass is 10.6. The van der Waals surface area contributed by atoms with Gasteiger partial charge in [-0.3, -0.25) is 4.57 Å². The van der Waals surface area contributed by atoms with Crippen molar-refractivity contribution < 1.29 is 18.0 Å². The summed E-state index contributed by atoms with van der Waals surface area (Å²) in [5, 5.41) is 10.6. The Morgan fingerprint density at radius 3 is 2.18 bits per heavy atom. The molecule has 0 aromatic carbocycles. The van der Waals surface area contributed by atoms with Crippen LogP contribution in [0.2, 0.25) is 0 Å². The van der Waals surface area contributed by atoms with Crippen LogP contribution in [0, 0.1) is 0 Å². The molecule has 1 aliphatic heterocycles. The summed E-state index contributed by atoms with van der Waals surface area (Å²) in [4.78, 5) is 23.4. The molecule has 0 fully saturated rings. The van der Waals surface area contributed by atoms with E-state index in [-0.39, 0.29) is 0 Å². The fraction of sp³-hybridized carbons (Fsp3) is 0.333. The number of aliphatic imine (C=N–C) groups is 1. The lowest BCUT2D eigenvalue weighted by Crippen LogP contribution is -2.19. The zero-order valence-corrected chi connectivity index (χ0v) is 8.26. The van der Waals surface area contributed by atoms with Crippen LogP contribution in [0.15, 0.2) is 20.0 Å². The molecule has 17 heavy (non-hydrogen) atoms. The third kappa shape index (κ3) is 3.32. The van der Waals surface area contributed by atoms with Crippen molar-refractivity contribution in [3.8, 4) is 0 Å². The van der Waals surface area contributed by atoms with E-state index >= 15 is 0 Å². The van der Waals surface area contributed by atoms with Crippen molar-refractivity contribution in [2.45, 2.75) is 6.18 Å². The molecule has 0 unspecified atom stereocenters. The van der Waals surface area contributed by atoms with Crippen LogP contribution in [-0.2, 0) is 13.2 Å². The number of azo groups is 1. The van der Waals surface area contributed by atoms with Gasteiger partial charge in [0.05, 0.1) is 0 Å². The van der Waals surface area contributed by atoms with Crippen molar-refractivity contribution in [1.82, 2.24) is 14.8 Å². The first-order valence-corrected chi connectivity index (χ1v) is 3.98. The molecule has 8 nitrogen and oxygen atoms in total. The number of H-pyrrole nitrogens is 1. The molecule has 2 amide bonds. The molecule has 0 spiro atoms. The first-order chi connectivity index (χ1) is 7.82. The third-order valence-electron chi connectivity index (χ3n) is 1.50. The molecule has 0 atom stereocenters. The standard InChI is InChI=1S/C4H4F3N3O.C2HN3O/c1-10-2(4(5,6)7)8-9-3(10)11;6-2-3-1-4-5-2/h1H3,(H,9,11);1H. The number of nitrogens with one attached hydrogen (secondary N) is 1. The maximum Gasteiger partial charge on any atom is 0.451 e. The molecule has 92 valence electrons. The summed E-state index contributed by atoms with van der Waals surface area (Å²) < 4.78 is 35.9. The van der Waals surface area contributed by atoms with Crippen LogP contribution >= 0.6 is 0 Å². The summed E-state index contributed by atoms with van der Waals surface area (Å²) in [6, 6.07) is -0.519. The molecule has 0 saturated carbocycles. The van der Waals surface area contributed by atoms with E-state index in [1.54, 1.807) is 5.10 Å². The number of carbonyl (C=O) groups excluding carboxylic acids is 1. The van der Waals surface area contributed by atoms with Gasteiger partial charge in [-0.25, -0.2) is 14.7 Å². The Labute approximate surface area is 90.9 Å². The van der Waals surface area contributed by atoms with E-state index in [1.165, 1.54) is 0 Å². The minimum atomic E-state index is -4.58. The van der Waals surface area contributed by atoms with E-state index in [1.807, 2.05) is 0 Å². The molecule has 11 heteroatoms. The summed E-state index contributed by atoms with van der Waals surface area (Å²) in [6.07, 6.45) is -3.46. The topological polar surface area (TPSA) is 105 Å². The van der Waals surface area contributed by atoms with Crippen LogP contribution in [0.5, 0.6) is 0 Å². The summed E-state index contributed by atoms with van der Waals surface area (Å²) >= 11 is 0. The van der Waals surface area contributed by atoms with Gasteiger partial charge >= 0.3 is 17.9 Å². The minimum Gasteiger partial charge on any atom is -0.275 e. The van der Waals surface area contributed by atoms with Crippen LogP contribution < -0.4 is 5.69 Å². The fourth-order valence-corrected chi connectivity index (χ4v) is 0.777. The van der Waals surface area contributed by atoms with Gasteiger partial charge in [-0.15, -0.1) is 10.2 Å². The minimum absolute atomic E-state index is 0.403. The predicted octanol–water partition coefficient (Wildman–Crippen LogP) is 0.728. The van der Waals surface area contributed by atoms with Gasteiger partial charge in [0.15, 0.2) is 0 Å². The molecule has 1 aromatic rings. The molecule has 2 rings (SSSR count). The van der Waals surface area contributed by atoms with Gasteiger partial charge < -0.3 is 0 Å². The third-order valence-corrected chi connectivity index (χ3v) is 1.50. The Morgan fingerprint density at radius 1 is 1.35 bits per heavy atom. The maximum atomic E-state index is 11.8. The van der Waals surface area contributed by atoms with E-state index in [2.05, 4.69) is 20.3 Å². The van der Waals surface area contributed by atoms with Gasteiger partial charge in [0.2, 0.25) is 5.82 Å². The summed E-state index contributed by atoms with van der Waals surface area (Å²) in [5.74, 6) is -1.22. The second-order valence-electron chi connectivity index (χ2n) is 2.65. The highest BCUT2D eigenvalue weighted by molar-refractivity contribution is 5.87. The number of halogens is 3. The Morgan fingerprint density at radius 2 is 2.00 bits per heavy atom. The molecule has 2 heterocycles. The average Bonchev–Trinajstić information content (AvgIpc) is 2.78. The van der Waals surface area contributed by atoms with Crippen LogP contribution in [0.3, 0.4) is 0 Å². The fourth-order valence-electron chi connectivity index (χ4n) is 0.777. The van der Waals surface area contributed by atoms with E-state index in [4.69, 9.17) is 0 Å². The number of amides is 2. The number of urea groups is 1. The molecule has 0 saturated heterocycles. The zero-order valence-electron chi connectivity index (χ0n) is 8.26. The van der Waals surface area contributed by atoms with E-state index in [0.717, 1.165) is 13.4 Å². The summed E-state index contributed by atoms with van der Waals surface area (Å²) in [7, 11) is 0.995. The van der Waals surface area contributed by atoms with Crippen molar-refractivity contribution >= 4 is 12.4 Å². The highest BCUT2D eigenvalue weighted by Gasteiger charge is 2.36. The van der Waals surface area contributed by atoms with Crippen molar-refractivity contribution in [2.75, 3.05) is 0 Å². The number of aromatic nitrogens is 3. The highest BCUT2D eigenvalue weighted by Crippen LogP contribution is 2.25. The zero-order chi connectivity index (χ0) is 13.1. The molecule has 1 aromatic heterocycles. The second kappa shape index (κ2) is 4.67. The molecule has 0 bridgehead atoms. The molecular formula is C6H5F3N6O2. The molecular weight excluding hydrogens is 245 g/mol. The lowest BCUT2D eigenvalue weighted by molar-refractivity contribution is -0.147. The van der Waals surface area contributed by atoms with Crippen molar-refractivity contribution in [1.29, 1.82) is 0 Å². The SMILES string of the molecule is Cn1c(C(F)(F)F)n[nH]c1=O.O=C1N=CN=N1. The lowest BCUT2D eigenvalue weighted by Gasteiger charge is -2.02. The smallest absolute Gasteiger partial charge is 0.275 e. The van der Waals surface area contributed by atoms with Crippen molar-refractivity contribution in [2.24, 2.45) is 22.3 Å². The van der Waals surface area contributed by atoms with E-state index in [9.17, 15) is 22.8 Å². The molecule has 0 aliphatic carbocycles. The Balaban J connectivity index is 0.000000202. The van der Waals surface area contributed by atoms with Gasteiger partial charge in [0, 0.05) is 7.05 Å². The van der Waals surface area contributed by atoms with Crippen molar-refractivity contribution in [3.05, 3.63) is 16.3 Å². The predicted molar refractivity (Wildman–Crippen MR) is 47.6 cm³/mol. The maximum absolute atomic E-state index is 11.8. The van der Waals surface area contributed by atoms with Crippen molar-refractivity contribution in [3.63, 3.8) is 0 Å². The summed E-state index contributed by atoms with van der Waals surface area (Å²) in [5.41, 5.74) is -0.877. The van der Waals surface area contributed by atoms with Crippen LogP contribution in [0.1, 0.15) is 5.82 Å². The second-order valence-corrected chi connectivity index (χ2v) is 2.65. The van der Waals surface area contributed by atoms with Gasteiger partial charge in [-0.2, -0.15) is 18.2 Å². The molecule has 1 aliphatic rings. The quantitative estimate of drug-likeness (QED) is 0.733. The van der Waals surface area contributed by atoms with Gasteiger partial charge in [0.1, 0.15) is 6.34 Å². The highest BCUT2D eigenvalue weighted by atomic mass is 19.4. The van der Waals surface area contributed by atoms with Gasteiger partial charge in [0.25, 0.3) is 0 Å². The van der Waals surface area contributed by atoms with E-state index < -0.39 is 23.7 Å². The number of rotatable bonds is 0. The average molecular weight is 250 g/mol. The molecule has 0 radical (unpaired) electrons. The normalized spacial score (nSPS) is 13.8. The number of aromatic amines is 1. The number of alkyl halides is 3. The first kappa shape index (κ1) is 12.7. The van der Waals surface area contributed by atoms with E-state index in [0.29, 0.717) is 4.57 Å². The molecule has 1 N–H and O–H groups in total. The monoisotopic (exact) mass is 250 g/mol.